The molecule has 1 heterocycles. The Kier molecular flexibility index (Phi) is 6.37. The molecule has 0 spiro atoms. The van der Waals surface area contributed by atoms with E-state index in [4.69, 9.17) is 0 Å². The maximum Gasteiger partial charge on any atom is 0.232 e. The summed E-state index contributed by atoms with van der Waals surface area (Å²) in [6.45, 7) is 3.62. The Labute approximate surface area is 147 Å². The minimum atomic E-state index is -3.66. The quantitative estimate of drug-likeness (QED) is 0.769. The van der Waals surface area contributed by atoms with Crippen molar-refractivity contribution in [2.75, 3.05) is 30.2 Å². The van der Waals surface area contributed by atoms with Gasteiger partial charge in [0.2, 0.25) is 15.9 Å². The van der Waals surface area contributed by atoms with E-state index in [-0.39, 0.29) is 24.6 Å². The second-order valence-corrected chi connectivity index (χ2v) is 8.53. The monoisotopic (exact) mass is 374 g/mol. The SMILES string of the molecule is CC1CCCN(C(=O)CCCN(c2ccc(F)c(F)c2)S(C)(=O)=O)C1. The van der Waals surface area contributed by atoms with Gasteiger partial charge in [-0.2, -0.15) is 0 Å². The molecule has 1 amide bonds. The Bertz CT molecular complexity index is 725. The highest BCUT2D eigenvalue weighted by atomic mass is 32.2. The summed E-state index contributed by atoms with van der Waals surface area (Å²) in [6, 6.07) is 2.96. The first-order valence-electron chi connectivity index (χ1n) is 8.39. The van der Waals surface area contributed by atoms with Crippen molar-refractivity contribution in [2.24, 2.45) is 5.92 Å². The molecular weight excluding hydrogens is 350 g/mol. The number of hydrogen-bond acceptors (Lipinski definition) is 3. The van der Waals surface area contributed by atoms with Crippen LogP contribution in [0.5, 0.6) is 0 Å². The molecule has 0 aliphatic carbocycles. The largest absolute Gasteiger partial charge is 0.342 e. The average Bonchev–Trinajstić information content (AvgIpc) is 2.53. The van der Waals surface area contributed by atoms with Gasteiger partial charge in [-0.05, 0) is 37.3 Å². The lowest BCUT2D eigenvalue weighted by Crippen LogP contribution is -2.39. The molecule has 1 unspecified atom stereocenters. The van der Waals surface area contributed by atoms with Crippen molar-refractivity contribution in [1.29, 1.82) is 0 Å². The lowest BCUT2D eigenvalue weighted by molar-refractivity contribution is -0.132. The molecule has 0 bridgehead atoms. The zero-order chi connectivity index (χ0) is 18.6. The summed E-state index contributed by atoms with van der Waals surface area (Å²) in [5, 5.41) is 0. The number of halogens is 2. The van der Waals surface area contributed by atoms with Crippen LogP contribution in [0.25, 0.3) is 0 Å². The molecule has 5 nitrogen and oxygen atoms in total. The van der Waals surface area contributed by atoms with Crippen LogP contribution < -0.4 is 4.31 Å². The Morgan fingerprint density at radius 1 is 1.32 bits per heavy atom. The lowest BCUT2D eigenvalue weighted by atomic mass is 10.00. The molecule has 0 N–H and O–H groups in total. The van der Waals surface area contributed by atoms with Crippen molar-refractivity contribution in [3.63, 3.8) is 0 Å². The molecule has 8 heteroatoms. The molecule has 0 saturated carbocycles. The van der Waals surface area contributed by atoms with Gasteiger partial charge < -0.3 is 4.90 Å². The van der Waals surface area contributed by atoms with Crippen molar-refractivity contribution in [3.8, 4) is 0 Å². The topological polar surface area (TPSA) is 57.7 Å². The normalized spacial score (nSPS) is 18.2. The zero-order valence-electron chi connectivity index (χ0n) is 14.5. The molecule has 140 valence electrons. The number of benzene rings is 1. The first-order chi connectivity index (χ1) is 11.7. The Balaban J connectivity index is 1.99. The predicted octanol–water partition coefficient (Wildman–Crippen LogP) is 2.77. The molecule has 1 saturated heterocycles. The van der Waals surface area contributed by atoms with Gasteiger partial charge in [0.1, 0.15) is 0 Å². The molecule has 25 heavy (non-hydrogen) atoms. The van der Waals surface area contributed by atoms with E-state index in [9.17, 15) is 22.0 Å². The first kappa shape index (κ1) is 19.6. The summed E-state index contributed by atoms with van der Waals surface area (Å²) in [6.07, 6.45) is 3.64. The van der Waals surface area contributed by atoms with E-state index < -0.39 is 21.7 Å². The van der Waals surface area contributed by atoms with Crippen molar-refractivity contribution >= 4 is 21.6 Å². The number of sulfonamides is 1. The smallest absolute Gasteiger partial charge is 0.232 e. The molecule has 1 fully saturated rings. The maximum absolute atomic E-state index is 13.4. The second-order valence-electron chi connectivity index (χ2n) is 6.62. The number of hydrogen-bond donors (Lipinski definition) is 0. The van der Waals surface area contributed by atoms with E-state index in [0.717, 1.165) is 48.6 Å². The van der Waals surface area contributed by atoms with Crippen LogP contribution in [0.15, 0.2) is 18.2 Å². The summed E-state index contributed by atoms with van der Waals surface area (Å²) in [5.74, 6) is -1.66. The highest BCUT2D eigenvalue weighted by molar-refractivity contribution is 7.92. The molecule has 2 rings (SSSR count). The molecule has 1 aromatic carbocycles. The van der Waals surface area contributed by atoms with Crippen LogP contribution in [-0.2, 0) is 14.8 Å². The van der Waals surface area contributed by atoms with Crippen molar-refractivity contribution in [3.05, 3.63) is 29.8 Å². The van der Waals surface area contributed by atoms with E-state index >= 15 is 0 Å². The Morgan fingerprint density at radius 2 is 2.04 bits per heavy atom. The van der Waals surface area contributed by atoms with Gasteiger partial charge in [-0.3, -0.25) is 9.10 Å². The zero-order valence-corrected chi connectivity index (χ0v) is 15.4. The summed E-state index contributed by atoms with van der Waals surface area (Å²) in [4.78, 5) is 14.1. The van der Waals surface area contributed by atoms with Crippen molar-refractivity contribution in [1.82, 2.24) is 4.90 Å². The van der Waals surface area contributed by atoms with Crippen LogP contribution in [0.4, 0.5) is 14.5 Å². The number of likely N-dealkylation sites (tertiary alicyclic amines) is 1. The maximum atomic E-state index is 13.4. The van der Waals surface area contributed by atoms with Gasteiger partial charge in [0.15, 0.2) is 11.6 Å². The molecule has 1 aliphatic rings. The first-order valence-corrected chi connectivity index (χ1v) is 10.2. The molecule has 1 atom stereocenters. The standard InChI is InChI=1S/C17H24F2N2O3S/c1-13-5-3-9-20(12-13)17(22)6-4-10-21(25(2,23)24)14-7-8-15(18)16(19)11-14/h7-8,11,13H,3-6,9-10,12H2,1-2H3. The minimum absolute atomic E-state index is 0.00490. The van der Waals surface area contributed by atoms with E-state index in [2.05, 4.69) is 6.92 Å². The number of carbonyl (C=O) groups excluding carboxylic acids is 1. The minimum Gasteiger partial charge on any atom is -0.342 e. The second kappa shape index (κ2) is 8.12. The number of nitrogens with zero attached hydrogens (tertiary/aromatic N) is 2. The van der Waals surface area contributed by atoms with Gasteiger partial charge in [-0.15, -0.1) is 0 Å². The summed E-state index contributed by atoms with van der Waals surface area (Å²) >= 11 is 0. The summed E-state index contributed by atoms with van der Waals surface area (Å²) < 4.78 is 51.4. The number of anilines is 1. The number of carbonyl (C=O) groups is 1. The molecule has 1 aliphatic heterocycles. The van der Waals surface area contributed by atoms with Crippen molar-refractivity contribution in [2.45, 2.75) is 32.6 Å². The third kappa shape index (κ3) is 5.39. The van der Waals surface area contributed by atoms with Gasteiger partial charge in [0.25, 0.3) is 0 Å². The third-order valence-electron chi connectivity index (χ3n) is 4.35. The predicted molar refractivity (Wildman–Crippen MR) is 92.8 cm³/mol. The number of piperidine rings is 1. The van der Waals surface area contributed by atoms with E-state index in [1.165, 1.54) is 6.07 Å². The van der Waals surface area contributed by atoms with Crippen LogP contribution in [-0.4, -0.2) is 45.1 Å². The Morgan fingerprint density at radius 3 is 2.64 bits per heavy atom. The molecule has 0 aromatic heterocycles. The summed E-state index contributed by atoms with van der Waals surface area (Å²) in [5.41, 5.74) is 0.0560. The fraction of sp³-hybridized carbons (Fsp3) is 0.588. The van der Waals surface area contributed by atoms with Crippen molar-refractivity contribution < 1.29 is 22.0 Å². The number of rotatable bonds is 6. The van der Waals surface area contributed by atoms with Crippen LogP contribution in [0.1, 0.15) is 32.6 Å². The molecular formula is C17H24F2N2O3S. The van der Waals surface area contributed by atoms with Gasteiger partial charge in [-0.25, -0.2) is 17.2 Å². The van der Waals surface area contributed by atoms with E-state index in [1.54, 1.807) is 0 Å². The van der Waals surface area contributed by atoms with Crippen LogP contribution in [0.3, 0.4) is 0 Å². The fourth-order valence-electron chi connectivity index (χ4n) is 3.07. The van der Waals surface area contributed by atoms with Crippen LogP contribution in [0, 0.1) is 17.6 Å². The van der Waals surface area contributed by atoms with Gasteiger partial charge >= 0.3 is 0 Å². The van der Waals surface area contributed by atoms with Gasteiger partial charge in [0.05, 0.1) is 11.9 Å². The Hall–Kier alpha value is -1.70. The third-order valence-corrected chi connectivity index (χ3v) is 5.55. The van der Waals surface area contributed by atoms with Gasteiger partial charge in [-0.1, -0.05) is 6.92 Å². The van der Waals surface area contributed by atoms with Crippen LogP contribution >= 0.6 is 0 Å². The highest BCUT2D eigenvalue weighted by Crippen LogP contribution is 2.22. The van der Waals surface area contributed by atoms with Crippen LogP contribution in [0.2, 0.25) is 0 Å². The molecule has 0 radical (unpaired) electrons. The lowest BCUT2D eigenvalue weighted by Gasteiger charge is -2.31. The van der Waals surface area contributed by atoms with Gasteiger partial charge in [0, 0.05) is 32.1 Å². The fourth-order valence-corrected chi connectivity index (χ4v) is 4.03. The highest BCUT2D eigenvalue weighted by Gasteiger charge is 2.22. The molecule has 1 aromatic rings. The number of amides is 1. The van der Waals surface area contributed by atoms with E-state index in [1.807, 2.05) is 4.90 Å². The average molecular weight is 374 g/mol. The summed E-state index contributed by atoms with van der Waals surface area (Å²) in [7, 11) is -3.66. The van der Waals surface area contributed by atoms with E-state index in [0.29, 0.717) is 12.3 Å².